The Morgan fingerprint density at radius 1 is 1.05 bits per heavy atom. The van der Waals surface area contributed by atoms with E-state index in [2.05, 4.69) is 29.6 Å². The highest BCUT2D eigenvalue weighted by atomic mass is 16.5. The van der Waals surface area contributed by atoms with Crippen LogP contribution < -0.4 is 10.1 Å². The SMILES string of the molecule is COCc1ccccc1NCc1cccc(OC(C)C)c1. The molecule has 0 heterocycles. The van der Waals surface area contributed by atoms with Gasteiger partial charge in [-0.2, -0.15) is 0 Å². The van der Waals surface area contributed by atoms with Crippen molar-refractivity contribution in [1.82, 2.24) is 0 Å². The molecule has 0 radical (unpaired) electrons. The van der Waals surface area contributed by atoms with Crippen LogP contribution in [0.4, 0.5) is 5.69 Å². The molecule has 0 fully saturated rings. The minimum atomic E-state index is 0.190. The second-order valence-corrected chi connectivity index (χ2v) is 5.26. The summed E-state index contributed by atoms with van der Waals surface area (Å²) in [6.07, 6.45) is 0.190. The van der Waals surface area contributed by atoms with Gasteiger partial charge in [-0.25, -0.2) is 0 Å². The molecular weight excluding hydrogens is 262 g/mol. The highest BCUT2D eigenvalue weighted by Gasteiger charge is 2.03. The molecule has 0 saturated carbocycles. The molecule has 3 heteroatoms. The molecule has 0 saturated heterocycles. The van der Waals surface area contributed by atoms with E-state index in [1.807, 2.05) is 38.1 Å². The molecule has 2 aromatic rings. The lowest BCUT2D eigenvalue weighted by Crippen LogP contribution is -2.07. The Kier molecular flexibility index (Phi) is 5.64. The van der Waals surface area contributed by atoms with Gasteiger partial charge in [0.15, 0.2) is 0 Å². The number of nitrogens with one attached hydrogen (secondary N) is 1. The van der Waals surface area contributed by atoms with Gasteiger partial charge in [0.2, 0.25) is 0 Å². The van der Waals surface area contributed by atoms with Crippen molar-refractivity contribution in [2.24, 2.45) is 0 Å². The van der Waals surface area contributed by atoms with E-state index in [9.17, 15) is 0 Å². The summed E-state index contributed by atoms with van der Waals surface area (Å²) in [5.41, 5.74) is 3.46. The Labute approximate surface area is 126 Å². The average Bonchev–Trinajstić information content (AvgIpc) is 2.46. The molecule has 0 aliphatic carbocycles. The van der Waals surface area contributed by atoms with Gasteiger partial charge in [-0.15, -0.1) is 0 Å². The van der Waals surface area contributed by atoms with Crippen LogP contribution in [0.3, 0.4) is 0 Å². The molecule has 0 amide bonds. The summed E-state index contributed by atoms with van der Waals surface area (Å²) in [4.78, 5) is 0. The fourth-order valence-corrected chi connectivity index (χ4v) is 2.17. The van der Waals surface area contributed by atoms with Crippen molar-refractivity contribution in [2.75, 3.05) is 12.4 Å². The van der Waals surface area contributed by atoms with Crippen LogP contribution in [-0.4, -0.2) is 13.2 Å². The van der Waals surface area contributed by atoms with Gasteiger partial charge < -0.3 is 14.8 Å². The number of rotatable bonds is 7. The van der Waals surface area contributed by atoms with Gasteiger partial charge in [0, 0.05) is 24.9 Å². The summed E-state index contributed by atoms with van der Waals surface area (Å²) in [7, 11) is 1.71. The molecule has 21 heavy (non-hydrogen) atoms. The lowest BCUT2D eigenvalue weighted by Gasteiger charge is -2.13. The van der Waals surface area contributed by atoms with Gasteiger partial charge in [0.25, 0.3) is 0 Å². The molecule has 0 aliphatic rings. The van der Waals surface area contributed by atoms with E-state index >= 15 is 0 Å². The number of ether oxygens (including phenoxy) is 2. The lowest BCUT2D eigenvalue weighted by atomic mass is 10.1. The molecule has 2 aromatic carbocycles. The first-order valence-electron chi connectivity index (χ1n) is 7.25. The van der Waals surface area contributed by atoms with Crippen LogP contribution in [-0.2, 0) is 17.9 Å². The van der Waals surface area contributed by atoms with Crippen molar-refractivity contribution in [3.8, 4) is 5.75 Å². The minimum Gasteiger partial charge on any atom is -0.491 e. The molecule has 2 rings (SSSR count). The fourth-order valence-electron chi connectivity index (χ4n) is 2.17. The first-order valence-corrected chi connectivity index (χ1v) is 7.25. The standard InChI is InChI=1S/C18H23NO2/c1-14(2)21-17-9-6-7-15(11-17)12-19-18-10-5-4-8-16(18)13-20-3/h4-11,14,19H,12-13H2,1-3H3. The van der Waals surface area contributed by atoms with Gasteiger partial charge in [-0.3, -0.25) is 0 Å². The minimum absolute atomic E-state index is 0.190. The van der Waals surface area contributed by atoms with Crippen molar-refractivity contribution in [3.05, 3.63) is 59.7 Å². The number of para-hydroxylation sites is 1. The molecule has 112 valence electrons. The summed E-state index contributed by atoms with van der Waals surface area (Å²) in [5, 5.41) is 3.46. The molecule has 0 aromatic heterocycles. The summed E-state index contributed by atoms with van der Waals surface area (Å²) >= 11 is 0. The van der Waals surface area contributed by atoms with Gasteiger partial charge in [0.1, 0.15) is 5.75 Å². The van der Waals surface area contributed by atoms with E-state index in [0.717, 1.165) is 23.5 Å². The molecule has 3 nitrogen and oxygen atoms in total. The maximum absolute atomic E-state index is 5.72. The Hall–Kier alpha value is -2.00. The first kappa shape index (κ1) is 15.4. The maximum Gasteiger partial charge on any atom is 0.120 e. The van der Waals surface area contributed by atoms with Gasteiger partial charge in [-0.1, -0.05) is 30.3 Å². The van der Waals surface area contributed by atoms with E-state index in [-0.39, 0.29) is 6.10 Å². The van der Waals surface area contributed by atoms with Gasteiger partial charge >= 0.3 is 0 Å². The zero-order valence-corrected chi connectivity index (χ0v) is 12.9. The third kappa shape index (κ3) is 4.80. The van der Waals surface area contributed by atoms with Crippen molar-refractivity contribution < 1.29 is 9.47 Å². The average molecular weight is 285 g/mol. The third-order valence-corrected chi connectivity index (χ3v) is 3.07. The van der Waals surface area contributed by atoms with Crippen LogP contribution in [0.1, 0.15) is 25.0 Å². The molecule has 0 bridgehead atoms. The summed E-state index contributed by atoms with van der Waals surface area (Å²) < 4.78 is 10.9. The molecule has 0 unspecified atom stereocenters. The largest absolute Gasteiger partial charge is 0.491 e. The second kappa shape index (κ2) is 7.70. The molecular formula is C18H23NO2. The lowest BCUT2D eigenvalue weighted by molar-refractivity contribution is 0.185. The summed E-state index contributed by atoms with van der Waals surface area (Å²) in [6, 6.07) is 16.4. The van der Waals surface area contributed by atoms with Crippen LogP contribution in [0.15, 0.2) is 48.5 Å². The van der Waals surface area contributed by atoms with Crippen molar-refractivity contribution >= 4 is 5.69 Å². The fraction of sp³-hybridized carbons (Fsp3) is 0.333. The van der Waals surface area contributed by atoms with Crippen molar-refractivity contribution in [2.45, 2.75) is 33.1 Å². The van der Waals surface area contributed by atoms with Gasteiger partial charge in [-0.05, 0) is 37.6 Å². The van der Waals surface area contributed by atoms with Crippen LogP contribution in [0, 0.1) is 0 Å². The van der Waals surface area contributed by atoms with Crippen molar-refractivity contribution in [3.63, 3.8) is 0 Å². The Balaban J connectivity index is 2.03. The summed E-state index contributed by atoms with van der Waals surface area (Å²) in [5.74, 6) is 0.912. The quantitative estimate of drug-likeness (QED) is 0.825. The second-order valence-electron chi connectivity index (χ2n) is 5.26. The van der Waals surface area contributed by atoms with Crippen LogP contribution >= 0.6 is 0 Å². The summed E-state index contributed by atoms with van der Waals surface area (Å²) in [6.45, 7) is 5.44. The van der Waals surface area contributed by atoms with E-state index in [4.69, 9.17) is 9.47 Å². The monoisotopic (exact) mass is 285 g/mol. The molecule has 1 N–H and O–H groups in total. The normalized spacial score (nSPS) is 10.7. The Bertz CT molecular complexity index is 567. The number of benzene rings is 2. The molecule has 0 atom stereocenters. The highest BCUT2D eigenvalue weighted by Crippen LogP contribution is 2.19. The zero-order chi connectivity index (χ0) is 15.1. The molecule has 0 aliphatic heterocycles. The van der Waals surface area contributed by atoms with E-state index < -0.39 is 0 Å². The van der Waals surface area contributed by atoms with Crippen molar-refractivity contribution in [1.29, 1.82) is 0 Å². The number of methoxy groups -OCH3 is 1. The number of anilines is 1. The highest BCUT2D eigenvalue weighted by molar-refractivity contribution is 5.51. The van der Waals surface area contributed by atoms with Crippen LogP contribution in [0.5, 0.6) is 5.75 Å². The van der Waals surface area contributed by atoms with Crippen LogP contribution in [0.25, 0.3) is 0 Å². The predicted octanol–water partition coefficient (Wildman–Crippen LogP) is 4.23. The van der Waals surface area contributed by atoms with E-state index in [0.29, 0.717) is 6.61 Å². The zero-order valence-electron chi connectivity index (χ0n) is 12.9. The first-order chi connectivity index (χ1) is 10.2. The van der Waals surface area contributed by atoms with Gasteiger partial charge in [0.05, 0.1) is 12.7 Å². The third-order valence-electron chi connectivity index (χ3n) is 3.07. The number of hydrogen-bond donors (Lipinski definition) is 1. The van der Waals surface area contributed by atoms with E-state index in [1.165, 1.54) is 5.56 Å². The predicted molar refractivity (Wildman–Crippen MR) is 86.7 cm³/mol. The maximum atomic E-state index is 5.72. The Morgan fingerprint density at radius 3 is 2.62 bits per heavy atom. The molecule has 0 spiro atoms. The van der Waals surface area contributed by atoms with Crippen LogP contribution in [0.2, 0.25) is 0 Å². The number of hydrogen-bond acceptors (Lipinski definition) is 3. The Morgan fingerprint density at radius 2 is 1.86 bits per heavy atom. The smallest absolute Gasteiger partial charge is 0.120 e. The van der Waals surface area contributed by atoms with E-state index in [1.54, 1.807) is 7.11 Å². The topological polar surface area (TPSA) is 30.5 Å².